The molecule has 0 radical (unpaired) electrons. The quantitative estimate of drug-likeness (QED) is 0.526. The third-order valence-corrected chi connectivity index (χ3v) is 4.87. The van der Waals surface area contributed by atoms with E-state index in [2.05, 4.69) is 21.0 Å². The summed E-state index contributed by atoms with van der Waals surface area (Å²) in [5.41, 5.74) is 0.682. The fourth-order valence-electron chi connectivity index (χ4n) is 2.92. The summed E-state index contributed by atoms with van der Waals surface area (Å²) in [6.07, 6.45) is 1.09. The van der Waals surface area contributed by atoms with Crippen molar-refractivity contribution in [2.45, 2.75) is 26.0 Å². The molecule has 0 bridgehead atoms. The standard InChI is InChI=1S/C21H21BrN2O5/c1-2-28-19(21(26)27)11-14-3-6-17(7-4-14)29-10-9-24-20(25)18-8-5-16(22)12-15(18)13-23-24/h3-8,12-13,19H,2,9-11H2,1H3,(H,26,27). The van der Waals surface area contributed by atoms with Crippen molar-refractivity contribution in [3.05, 3.63) is 69.1 Å². The Bertz CT molecular complexity index is 1050. The van der Waals surface area contributed by atoms with E-state index in [9.17, 15) is 9.59 Å². The van der Waals surface area contributed by atoms with Gasteiger partial charge in [0.2, 0.25) is 0 Å². The second kappa shape index (κ2) is 9.67. The van der Waals surface area contributed by atoms with Crippen molar-refractivity contribution in [1.29, 1.82) is 0 Å². The van der Waals surface area contributed by atoms with Crippen LogP contribution in [0.3, 0.4) is 0 Å². The number of carboxylic acid groups (broad SMARTS) is 1. The second-order valence-electron chi connectivity index (χ2n) is 6.38. The molecule has 29 heavy (non-hydrogen) atoms. The first-order valence-electron chi connectivity index (χ1n) is 9.19. The first-order valence-corrected chi connectivity index (χ1v) is 9.98. The molecule has 0 aliphatic carbocycles. The van der Waals surface area contributed by atoms with Crippen LogP contribution >= 0.6 is 15.9 Å². The number of halogens is 1. The van der Waals surface area contributed by atoms with Gasteiger partial charge >= 0.3 is 5.97 Å². The summed E-state index contributed by atoms with van der Waals surface area (Å²) < 4.78 is 13.2. The SMILES string of the molecule is CCOC(Cc1ccc(OCCn2ncc3cc(Br)ccc3c2=O)cc1)C(=O)O. The van der Waals surface area contributed by atoms with Crippen LogP contribution < -0.4 is 10.3 Å². The Morgan fingerprint density at radius 3 is 2.69 bits per heavy atom. The maximum Gasteiger partial charge on any atom is 0.333 e. The van der Waals surface area contributed by atoms with E-state index in [0.29, 0.717) is 24.3 Å². The first-order chi connectivity index (χ1) is 14.0. The Morgan fingerprint density at radius 1 is 1.24 bits per heavy atom. The molecule has 2 aromatic carbocycles. The number of carbonyl (C=O) groups is 1. The maximum atomic E-state index is 12.5. The summed E-state index contributed by atoms with van der Waals surface area (Å²) in [6, 6.07) is 12.6. The van der Waals surface area contributed by atoms with E-state index in [1.54, 1.807) is 31.3 Å². The van der Waals surface area contributed by atoms with Gasteiger partial charge in [-0.25, -0.2) is 9.48 Å². The van der Waals surface area contributed by atoms with E-state index < -0.39 is 12.1 Å². The second-order valence-corrected chi connectivity index (χ2v) is 7.30. The third-order valence-electron chi connectivity index (χ3n) is 4.37. The van der Waals surface area contributed by atoms with Crippen LogP contribution in [0.15, 0.2) is 57.9 Å². The lowest BCUT2D eigenvalue weighted by Crippen LogP contribution is -2.26. The van der Waals surface area contributed by atoms with Gasteiger partial charge < -0.3 is 14.6 Å². The number of aliphatic carboxylic acids is 1. The summed E-state index contributed by atoms with van der Waals surface area (Å²) in [6.45, 7) is 2.71. The molecule has 3 aromatic rings. The molecule has 0 fully saturated rings. The van der Waals surface area contributed by atoms with Crippen LogP contribution in [0.5, 0.6) is 5.75 Å². The van der Waals surface area contributed by atoms with Gasteiger partial charge in [0, 0.05) is 22.9 Å². The third kappa shape index (κ3) is 5.42. The molecule has 0 spiro atoms. The van der Waals surface area contributed by atoms with Crippen LogP contribution in [0.1, 0.15) is 12.5 Å². The lowest BCUT2D eigenvalue weighted by atomic mass is 10.1. The zero-order valence-corrected chi connectivity index (χ0v) is 17.5. The number of hydrogen-bond acceptors (Lipinski definition) is 5. The molecule has 8 heteroatoms. The van der Waals surface area contributed by atoms with E-state index in [-0.39, 0.29) is 18.6 Å². The van der Waals surface area contributed by atoms with Crippen molar-refractivity contribution in [2.75, 3.05) is 13.2 Å². The van der Waals surface area contributed by atoms with Crippen molar-refractivity contribution in [3.8, 4) is 5.75 Å². The van der Waals surface area contributed by atoms with Gasteiger partial charge in [0.05, 0.1) is 18.1 Å². The normalized spacial score (nSPS) is 12.1. The number of ether oxygens (including phenoxy) is 2. The summed E-state index contributed by atoms with van der Waals surface area (Å²) in [4.78, 5) is 23.7. The smallest absolute Gasteiger partial charge is 0.333 e. The zero-order chi connectivity index (χ0) is 20.8. The predicted octanol–water partition coefficient (Wildman–Crippen LogP) is 3.27. The minimum Gasteiger partial charge on any atom is -0.492 e. The van der Waals surface area contributed by atoms with E-state index in [0.717, 1.165) is 15.4 Å². The molecule has 1 heterocycles. The number of nitrogens with zero attached hydrogens (tertiary/aromatic N) is 2. The number of fused-ring (bicyclic) bond motifs is 1. The van der Waals surface area contributed by atoms with E-state index in [4.69, 9.17) is 14.6 Å². The van der Waals surface area contributed by atoms with Crippen molar-refractivity contribution < 1.29 is 19.4 Å². The highest BCUT2D eigenvalue weighted by Crippen LogP contribution is 2.17. The molecular weight excluding hydrogens is 440 g/mol. The molecule has 7 nitrogen and oxygen atoms in total. The van der Waals surface area contributed by atoms with Gasteiger partial charge in [-0.05, 0) is 42.8 Å². The van der Waals surface area contributed by atoms with Gasteiger partial charge in [0.1, 0.15) is 12.4 Å². The van der Waals surface area contributed by atoms with Gasteiger partial charge in [0.25, 0.3) is 5.56 Å². The van der Waals surface area contributed by atoms with Crippen molar-refractivity contribution >= 4 is 32.7 Å². The first kappa shape index (κ1) is 21.0. The minimum absolute atomic E-state index is 0.162. The van der Waals surface area contributed by atoms with Crippen molar-refractivity contribution in [1.82, 2.24) is 9.78 Å². The van der Waals surface area contributed by atoms with Crippen LogP contribution in [0.25, 0.3) is 10.8 Å². The van der Waals surface area contributed by atoms with Crippen LogP contribution in [0.2, 0.25) is 0 Å². The minimum atomic E-state index is -0.979. The molecule has 3 rings (SSSR count). The molecule has 0 aliphatic rings. The highest BCUT2D eigenvalue weighted by Gasteiger charge is 2.17. The van der Waals surface area contributed by atoms with Gasteiger partial charge in [0.15, 0.2) is 6.10 Å². The monoisotopic (exact) mass is 460 g/mol. The molecule has 0 saturated carbocycles. The molecule has 1 atom stereocenters. The number of hydrogen-bond donors (Lipinski definition) is 1. The molecule has 0 aliphatic heterocycles. The number of rotatable bonds is 9. The van der Waals surface area contributed by atoms with E-state index in [1.807, 2.05) is 24.3 Å². The summed E-state index contributed by atoms with van der Waals surface area (Å²) >= 11 is 3.38. The molecule has 1 N–H and O–H groups in total. The van der Waals surface area contributed by atoms with Crippen LogP contribution in [-0.4, -0.2) is 40.2 Å². The average molecular weight is 461 g/mol. The fourth-order valence-corrected chi connectivity index (χ4v) is 3.30. The van der Waals surface area contributed by atoms with Crippen molar-refractivity contribution in [2.24, 2.45) is 0 Å². The Morgan fingerprint density at radius 2 is 2.00 bits per heavy atom. The predicted molar refractivity (Wildman–Crippen MR) is 112 cm³/mol. The number of aromatic nitrogens is 2. The Hall–Kier alpha value is -2.71. The van der Waals surface area contributed by atoms with Gasteiger partial charge in [-0.1, -0.05) is 28.1 Å². The number of carboxylic acids is 1. The summed E-state index contributed by atoms with van der Waals surface area (Å²) in [5, 5.41) is 14.7. The Kier molecular flexibility index (Phi) is 7.00. The maximum absolute atomic E-state index is 12.5. The summed E-state index contributed by atoms with van der Waals surface area (Å²) in [7, 11) is 0. The lowest BCUT2D eigenvalue weighted by molar-refractivity contribution is -0.149. The van der Waals surface area contributed by atoms with Crippen LogP contribution in [0.4, 0.5) is 0 Å². The Labute approximate surface area is 176 Å². The summed E-state index contributed by atoms with van der Waals surface area (Å²) in [5.74, 6) is -0.345. The van der Waals surface area contributed by atoms with Gasteiger partial charge in [-0.15, -0.1) is 0 Å². The lowest BCUT2D eigenvalue weighted by Gasteiger charge is -2.13. The highest BCUT2D eigenvalue weighted by atomic mass is 79.9. The van der Waals surface area contributed by atoms with Gasteiger partial charge in [-0.2, -0.15) is 5.10 Å². The molecule has 1 unspecified atom stereocenters. The topological polar surface area (TPSA) is 90.7 Å². The molecule has 1 aromatic heterocycles. The fraction of sp³-hybridized carbons (Fsp3) is 0.286. The zero-order valence-electron chi connectivity index (χ0n) is 15.9. The molecule has 0 saturated heterocycles. The average Bonchev–Trinajstić information content (AvgIpc) is 2.70. The Balaban J connectivity index is 1.59. The molecule has 0 amide bonds. The number of benzene rings is 2. The van der Waals surface area contributed by atoms with Crippen LogP contribution in [0, 0.1) is 0 Å². The van der Waals surface area contributed by atoms with Gasteiger partial charge in [-0.3, -0.25) is 4.79 Å². The van der Waals surface area contributed by atoms with Crippen molar-refractivity contribution in [3.63, 3.8) is 0 Å². The molecular formula is C21H21BrN2O5. The molecule has 152 valence electrons. The highest BCUT2D eigenvalue weighted by molar-refractivity contribution is 9.10. The van der Waals surface area contributed by atoms with E-state index >= 15 is 0 Å². The van der Waals surface area contributed by atoms with E-state index in [1.165, 1.54) is 4.68 Å². The largest absolute Gasteiger partial charge is 0.492 e. The van der Waals surface area contributed by atoms with Crippen LogP contribution in [-0.2, 0) is 22.5 Å².